The molecule has 0 bridgehead atoms. The number of aromatic nitrogens is 2. The molecule has 0 aliphatic rings. The summed E-state index contributed by atoms with van der Waals surface area (Å²) in [6.45, 7) is 7.71. The van der Waals surface area contributed by atoms with E-state index in [4.69, 9.17) is 11.6 Å². The van der Waals surface area contributed by atoms with Crippen molar-refractivity contribution < 1.29 is 0 Å². The van der Waals surface area contributed by atoms with E-state index in [-0.39, 0.29) is 0 Å². The summed E-state index contributed by atoms with van der Waals surface area (Å²) >= 11 is 6.02. The molecule has 1 aromatic heterocycles. The summed E-state index contributed by atoms with van der Waals surface area (Å²) in [5, 5.41) is 6.81. The van der Waals surface area contributed by atoms with Crippen molar-refractivity contribution in [1.82, 2.24) is 14.9 Å². The van der Waals surface area contributed by atoms with Crippen LogP contribution in [0.1, 0.15) is 13.8 Å². The highest BCUT2D eigenvalue weighted by molar-refractivity contribution is 6.32. The van der Waals surface area contributed by atoms with E-state index >= 15 is 0 Å². The predicted octanol–water partition coefficient (Wildman–Crippen LogP) is 1.93. The Labute approximate surface area is 108 Å². The number of hydrogen-bond acceptors (Lipinski definition) is 5. The Morgan fingerprint density at radius 3 is 2.76 bits per heavy atom. The second kappa shape index (κ2) is 7.29. The molecule has 17 heavy (non-hydrogen) atoms. The molecule has 5 nitrogen and oxygen atoms in total. The van der Waals surface area contributed by atoms with E-state index in [0.29, 0.717) is 16.8 Å². The van der Waals surface area contributed by atoms with E-state index in [0.717, 1.165) is 26.2 Å². The van der Waals surface area contributed by atoms with Gasteiger partial charge >= 0.3 is 0 Å². The Kier molecular flexibility index (Phi) is 6.00. The molecule has 0 spiro atoms. The van der Waals surface area contributed by atoms with Crippen LogP contribution in [0.15, 0.2) is 6.20 Å². The summed E-state index contributed by atoms with van der Waals surface area (Å²) in [5.41, 5.74) is 0. The highest BCUT2D eigenvalue weighted by Gasteiger charge is 2.04. The first-order chi connectivity index (χ1) is 8.17. The minimum Gasteiger partial charge on any atom is -0.367 e. The van der Waals surface area contributed by atoms with Gasteiger partial charge in [-0.3, -0.25) is 0 Å². The third kappa shape index (κ3) is 4.75. The molecule has 0 aliphatic carbocycles. The van der Waals surface area contributed by atoms with Gasteiger partial charge in [0, 0.05) is 19.6 Å². The summed E-state index contributed by atoms with van der Waals surface area (Å²) in [6, 6.07) is 0. The van der Waals surface area contributed by atoms with Crippen molar-refractivity contribution in [2.45, 2.75) is 13.8 Å². The predicted molar refractivity (Wildman–Crippen MR) is 72.9 cm³/mol. The van der Waals surface area contributed by atoms with E-state index in [2.05, 4.69) is 39.5 Å². The standard InChI is InChI=1S/C11H20ClN5/c1-4-13-11-15-8-9(12)10(16-11)14-6-7-17(3)5-2/h8H,4-7H2,1-3H3,(H2,13,14,15,16). The lowest BCUT2D eigenvalue weighted by Gasteiger charge is -2.15. The van der Waals surface area contributed by atoms with Gasteiger partial charge in [0.1, 0.15) is 5.02 Å². The van der Waals surface area contributed by atoms with Crippen LogP contribution in [0.4, 0.5) is 11.8 Å². The molecule has 6 heteroatoms. The van der Waals surface area contributed by atoms with Crippen molar-refractivity contribution in [3.63, 3.8) is 0 Å². The molecular formula is C11H20ClN5. The minimum absolute atomic E-state index is 0.547. The van der Waals surface area contributed by atoms with Crippen LogP contribution in [-0.2, 0) is 0 Å². The summed E-state index contributed by atoms with van der Waals surface area (Å²) in [5.74, 6) is 1.28. The summed E-state index contributed by atoms with van der Waals surface area (Å²) in [6.07, 6.45) is 1.61. The number of rotatable bonds is 7. The Balaban J connectivity index is 2.54. The van der Waals surface area contributed by atoms with Gasteiger partial charge < -0.3 is 15.5 Å². The largest absolute Gasteiger partial charge is 0.367 e. The van der Waals surface area contributed by atoms with Crippen LogP contribution in [0.25, 0.3) is 0 Å². The zero-order chi connectivity index (χ0) is 12.7. The molecule has 0 fully saturated rings. The topological polar surface area (TPSA) is 53.1 Å². The van der Waals surface area contributed by atoms with Crippen LogP contribution in [-0.4, -0.2) is 48.1 Å². The van der Waals surface area contributed by atoms with Crippen molar-refractivity contribution in [2.24, 2.45) is 0 Å². The first-order valence-corrected chi connectivity index (χ1v) is 6.24. The molecule has 0 saturated carbocycles. The molecule has 1 heterocycles. The number of anilines is 2. The quantitative estimate of drug-likeness (QED) is 0.782. The fourth-order valence-corrected chi connectivity index (χ4v) is 1.42. The smallest absolute Gasteiger partial charge is 0.224 e. The number of hydrogen-bond donors (Lipinski definition) is 2. The molecule has 0 radical (unpaired) electrons. The lowest BCUT2D eigenvalue weighted by molar-refractivity contribution is 0.367. The SMILES string of the molecule is CCNc1ncc(Cl)c(NCCN(C)CC)n1. The third-order valence-corrected chi connectivity index (χ3v) is 2.68. The molecule has 96 valence electrons. The molecule has 0 unspecified atom stereocenters. The monoisotopic (exact) mass is 257 g/mol. The second-order valence-electron chi connectivity index (χ2n) is 3.74. The normalized spacial score (nSPS) is 10.6. The van der Waals surface area contributed by atoms with Crippen LogP contribution in [0.5, 0.6) is 0 Å². The summed E-state index contributed by atoms with van der Waals surface area (Å²) < 4.78 is 0. The average Bonchev–Trinajstić information content (AvgIpc) is 2.33. The fourth-order valence-electron chi connectivity index (χ4n) is 1.26. The molecule has 0 saturated heterocycles. The maximum absolute atomic E-state index is 6.02. The number of halogens is 1. The van der Waals surface area contributed by atoms with Gasteiger partial charge in [-0.05, 0) is 20.5 Å². The zero-order valence-corrected chi connectivity index (χ0v) is 11.4. The Bertz CT molecular complexity index is 345. The molecule has 0 atom stereocenters. The van der Waals surface area contributed by atoms with Gasteiger partial charge in [-0.15, -0.1) is 0 Å². The highest BCUT2D eigenvalue weighted by atomic mass is 35.5. The van der Waals surface area contributed by atoms with Crippen molar-refractivity contribution in [3.8, 4) is 0 Å². The first kappa shape index (κ1) is 14.0. The fraction of sp³-hybridized carbons (Fsp3) is 0.636. The zero-order valence-electron chi connectivity index (χ0n) is 10.6. The van der Waals surface area contributed by atoms with E-state index < -0.39 is 0 Å². The molecule has 0 amide bonds. The number of nitrogens with zero attached hydrogens (tertiary/aromatic N) is 3. The maximum atomic E-state index is 6.02. The average molecular weight is 258 g/mol. The van der Waals surface area contributed by atoms with E-state index in [1.54, 1.807) is 6.20 Å². The molecule has 1 rings (SSSR count). The molecule has 1 aromatic rings. The van der Waals surface area contributed by atoms with Crippen LogP contribution in [0.2, 0.25) is 5.02 Å². The van der Waals surface area contributed by atoms with Crippen LogP contribution in [0.3, 0.4) is 0 Å². The molecular weight excluding hydrogens is 238 g/mol. The van der Waals surface area contributed by atoms with Crippen molar-refractivity contribution in [2.75, 3.05) is 43.9 Å². The summed E-state index contributed by atoms with van der Waals surface area (Å²) in [4.78, 5) is 10.6. The van der Waals surface area contributed by atoms with Crippen LogP contribution < -0.4 is 10.6 Å². The lowest BCUT2D eigenvalue weighted by Crippen LogP contribution is -2.25. The Hall–Kier alpha value is -1.07. The van der Waals surface area contributed by atoms with Gasteiger partial charge in [-0.25, -0.2) is 4.98 Å². The third-order valence-electron chi connectivity index (χ3n) is 2.40. The van der Waals surface area contributed by atoms with Gasteiger partial charge in [0.2, 0.25) is 5.95 Å². The number of nitrogens with one attached hydrogen (secondary N) is 2. The van der Waals surface area contributed by atoms with Gasteiger partial charge in [0.25, 0.3) is 0 Å². The van der Waals surface area contributed by atoms with Gasteiger partial charge in [0.05, 0.1) is 6.20 Å². The van der Waals surface area contributed by atoms with E-state index in [1.165, 1.54) is 0 Å². The maximum Gasteiger partial charge on any atom is 0.224 e. The Morgan fingerprint density at radius 1 is 1.35 bits per heavy atom. The second-order valence-corrected chi connectivity index (χ2v) is 4.15. The van der Waals surface area contributed by atoms with Gasteiger partial charge in [0.15, 0.2) is 5.82 Å². The first-order valence-electron chi connectivity index (χ1n) is 5.86. The van der Waals surface area contributed by atoms with Gasteiger partial charge in [-0.2, -0.15) is 4.98 Å². The Morgan fingerprint density at radius 2 is 2.12 bits per heavy atom. The molecule has 2 N–H and O–H groups in total. The van der Waals surface area contributed by atoms with E-state index in [1.807, 2.05) is 6.92 Å². The van der Waals surface area contributed by atoms with Crippen molar-refractivity contribution >= 4 is 23.4 Å². The van der Waals surface area contributed by atoms with Crippen molar-refractivity contribution in [1.29, 1.82) is 0 Å². The lowest BCUT2D eigenvalue weighted by atomic mass is 10.5. The van der Waals surface area contributed by atoms with Crippen LogP contribution in [0, 0.1) is 0 Å². The van der Waals surface area contributed by atoms with Crippen molar-refractivity contribution in [3.05, 3.63) is 11.2 Å². The molecule has 0 aliphatic heterocycles. The highest BCUT2D eigenvalue weighted by Crippen LogP contribution is 2.18. The minimum atomic E-state index is 0.547. The summed E-state index contributed by atoms with van der Waals surface area (Å²) in [7, 11) is 2.08. The van der Waals surface area contributed by atoms with Gasteiger partial charge in [-0.1, -0.05) is 18.5 Å². The number of likely N-dealkylation sites (N-methyl/N-ethyl adjacent to an activating group) is 1. The van der Waals surface area contributed by atoms with Crippen LogP contribution >= 0.6 is 11.6 Å². The van der Waals surface area contributed by atoms with E-state index in [9.17, 15) is 0 Å². The molecule has 0 aromatic carbocycles.